The Bertz CT molecular complexity index is 351. The minimum Gasteiger partial charge on any atom is -0.376 e. The Kier molecular flexibility index (Phi) is 5.14. The van der Waals surface area contributed by atoms with Crippen molar-refractivity contribution in [3.8, 4) is 0 Å². The maximum atomic E-state index is 12.6. The highest BCUT2D eigenvalue weighted by atomic mass is 16.5. The average Bonchev–Trinajstić information content (AvgIpc) is 3.19. The largest absolute Gasteiger partial charge is 0.376 e. The number of nitrogens with zero attached hydrogens (tertiary/aromatic N) is 1. The predicted octanol–water partition coefficient (Wildman–Crippen LogP) is 0.887. The van der Waals surface area contributed by atoms with Crippen LogP contribution in [0.2, 0.25) is 0 Å². The lowest BCUT2D eigenvalue weighted by molar-refractivity contribution is -0.127. The van der Waals surface area contributed by atoms with Crippen LogP contribution in [-0.2, 0) is 9.53 Å². The normalized spacial score (nSPS) is 33.2. The number of rotatable bonds is 4. The van der Waals surface area contributed by atoms with E-state index in [0.717, 1.165) is 51.9 Å². The average molecular weight is 295 g/mol. The second-order valence-electron chi connectivity index (χ2n) is 6.73. The van der Waals surface area contributed by atoms with E-state index in [1.807, 2.05) is 0 Å². The third kappa shape index (κ3) is 3.58. The van der Waals surface area contributed by atoms with Gasteiger partial charge in [0.25, 0.3) is 0 Å². The number of carbonyl (C=O) groups is 1. The highest BCUT2D eigenvalue weighted by Gasteiger charge is 2.36. The van der Waals surface area contributed by atoms with Crippen molar-refractivity contribution in [3.05, 3.63) is 0 Å². The predicted molar refractivity (Wildman–Crippen MR) is 82.2 cm³/mol. The van der Waals surface area contributed by atoms with Gasteiger partial charge in [0.15, 0.2) is 0 Å². The van der Waals surface area contributed by atoms with Gasteiger partial charge in [-0.25, -0.2) is 0 Å². The van der Waals surface area contributed by atoms with Crippen molar-refractivity contribution in [1.82, 2.24) is 15.5 Å². The Labute approximate surface area is 127 Å². The van der Waals surface area contributed by atoms with Crippen molar-refractivity contribution in [2.45, 2.75) is 69.7 Å². The van der Waals surface area contributed by atoms with Crippen molar-refractivity contribution in [1.29, 1.82) is 0 Å². The molecular weight excluding hydrogens is 266 g/mol. The fourth-order valence-electron chi connectivity index (χ4n) is 4.06. The lowest BCUT2D eigenvalue weighted by Gasteiger charge is -2.35. The number of nitrogens with one attached hydrogen (secondary N) is 2. The van der Waals surface area contributed by atoms with Gasteiger partial charge in [0.1, 0.15) is 0 Å². The van der Waals surface area contributed by atoms with E-state index in [1.54, 1.807) is 0 Å². The molecule has 5 heteroatoms. The van der Waals surface area contributed by atoms with E-state index < -0.39 is 0 Å². The van der Waals surface area contributed by atoms with Crippen LogP contribution in [0.15, 0.2) is 0 Å². The first-order valence-electron chi connectivity index (χ1n) is 8.64. The summed E-state index contributed by atoms with van der Waals surface area (Å²) >= 11 is 0. The maximum absolute atomic E-state index is 12.6. The van der Waals surface area contributed by atoms with Crippen molar-refractivity contribution in [2.75, 3.05) is 26.2 Å². The number of hydrogen-bond acceptors (Lipinski definition) is 4. The Morgan fingerprint density at radius 2 is 2.05 bits per heavy atom. The maximum Gasteiger partial charge on any atom is 0.237 e. The van der Waals surface area contributed by atoms with Crippen LogP contribution in [0.25, 0.3) is 0 Å². The number of amides is 1. The monoisotopic (exact) mass is 295 g/mol. The summed E-state index contributed by atoms with van der Waals surface area (Å²) < 4.78 is 5.68. The number of carbonyl (C=O) groups excluding carboxylic acids is 1. The lowest BCUT2D eigenvalue weighted by Crippen LogP contribution is -2.53. The molecule has 120 valence electrons. The molecule has 0 aromatic carbocycles. The molecule has 3 fully saturated rings. The first-order valence-corrected chi connectivity index (χ1v) is 8.64. The Morgan fingerprint density at radius 1 is 1.24 bits per heavy atom. The summed E-state index contributed by atoms with van der Waals surface area (Å²) in [6, 6.07) is 0.801. The van der Waals surface area contributed by atoms with Crippen LogP contribution in [0.5, 0.6) is 0 Å². The van der Waals surface area contributed by atoms with Crippen LogP contribution in [-0.4, -0.2) is 61.3 Å². The van der Waals surface area contributed by atoms with Crippen LogP contribution >= 0.6 is 0 Å². The molecule has 1 amide bonds. The number of hydrogen-bond donors (Lipinski definition) is 2. The molecule has 2 N–H and O–H groups in total. The van der Waals surface area contributed by atoms with E-state index in [0.29, 0.717) is 6.04 Å². The smallest absolute Gasteiger partial charge is 0.237 e. The molecule has 0 saturated carbocycles. The van der Waals surface area contributed by atoms with Gasteiger partial charge >= 0.3 is 0 Å². The second-order valence-corrected chi connectivity index (χ2v) is 6.73. The van der Waals surface area contributed by atoms with E-state index in [4.69, 9.17) is 4.74 Å². The van der Waals surface area contributed by atoms with Gasteiger partial charge in [0.2, 0.25) is 5.91 Å². The van der Waals surface area contributed by atoms with Crippen LogP contribution in [0.4, 0.5) is 0 Å². The Morgan fingerprint density at radius 3 is 2.76 bits per heavy atom. The Hall–Kier alpha value is -0.650. The van der Waals surface area contributed by atoms with Crippen molar-refractivity contribution < 1.29 is 9.53 Å². The molecule has 0 aromatic heterocycles. The van der Waals surface area contributed by atoms with Gasteiger partial charge in [-0.3, -0.25) is 9.69 Å². The number of ether oxygens (including phenoxy) is 1. The van der Waals surface area contributed by atoms with Gasteiger partial charge in [-0.2, -0.15) is 0 Å². The molecule has 0 aliphatic carbocycles. The minimum atomic E-state index is 0.0805. The van der Waals surface area contributed by atoms with Crippen LogP contribution in [0, 0.1) is 0 Å². The third-order valence-corrected chi connectivity index (χ3v) is 5.27. The SMILES string of the molecule is CC(NC(=O)C1CCCN1C1CCNCC1)C1CCCO1. The van der Waals surface area contributed by atoms with Crippen LogP contribution < -0.4 is 10.6 Å². The quantitative estimate of drug-likeness (QED) is 0.809. The van der Waals surface area contributed by atoms with Gasteiger partial charge < -0.3 is 15.4 Å². The standard InChI is InChI=1S/C16H29N3O2/c1-12(15-5-3-11-21-15)18-16(20)14-4-2-10-19(14)13-6-8-17-9-7-13/h12-15,17H,2-11H2,1H3,(H,18,20). The second kappa shape index (κ2) is 7.07. The molecule has 3 atom stereocenters. The summed E-state index contributed by atoms with van der Waals surface area (Å²) in [6.07, 6.45) is 6.91. The molecule has 3 aliphatic rings. The topological polar surface area (TPSA) is 53.6 Å². The summed E-state index contributed by atoms with van der Waals surface area (Å²) in [5.41, 5.74) is 0. The molecule has 3 saturated heterocycles. The molecule has 3 rings (SSSR count). The summed E-state index contributed by atoms with van der Waals surface area (Å²) in [5, 5.41) is 6.62. The number of piperidine rings is 1. The first-order chi connectivity index (χ1) is 10.3. The van der Waals surface area contributed by atoms with Gasteiger partial charge in [0.05, 0.1) is 18.2 Å². The van der Waals surface area contributed by atoms with Gasteiger partial charge in [0, 0.05) is 12.6 Å². The summed E-state index contributed by atoms with van der Waals surface area (Å²) in [6.45, 7) is 6.17. The first kappa shape index (κ1) is 15.3. The summed E-state index contributed by atoms with van der Waals surface area (Å²) in [5.74, 6) is 0.217. The van der Waals surface area contributed by atoms with Gasteiger partial charge in [-0.05, 0) is 65.1 Å². The Balaban J connectivity index is 1.54. The van der Waals surface area contributed by atoms with E-state index in [1.165, 1.54) is 12.8 Å². The molecule has 3 unspecified atom stereocenters. The highest BCUT2D eigenvalue weighted by molar-refractivity contribution is 5.82. The minimum absolute atomic E-state index is 0.0805. The van der Waals surface area contributed by atoms with Crippen molar-refractivity contribution >= 4 is 5.91 Å². The van der Waals surface area contributed by atoms with E-state index >= 15 is 0 Å². The molecule has 3 aliphatic heterocycles. The zero-order valence-electron chi connectivity index (χ0n) is 13.1. The zero-order chi connectivity index (χ0) is 14.7. The highest BCUT2D eigenvalue weighted by Crippen LogP contribution is 2.25. The molecule has 21 heavy (non-hydrogen) atoms. The molecule has 0 aromatic rings. The molecule has 0 bridgehead atoms. The molecular formula is C16H29N3O2. The van der Waals surface area contributed by atoms with Gasteiger partial charge in [-0.15, -0.1) is 0 Å². The van der Waals surface area contributed by atoms with E-state index in [2.05, 4.69) is 22.5 Å². The van der Waals surface area contributed by atoms with Crippen LogP contribution in [0.3, 0.4) is 0 Å². The van der Waals surface area contributed by atoms with E-state index in [-0.39, 0.29) is 24.1 Å². The fourth-order valence-corrected chi connectivity index (χ4v) is 4.06. The molecule has 5 nitrogen and oxygen atoms in total. The summed E-state index contributed by atoms with van der Waals surface area (Å²) in [7, 11) is 0. The number of likely N-dealkylation sites (tertiary alicyclic amines) is 1. The van der Waals surface area contributed by atoms with Crippen molar-refractivity contribution in [2.24, 2.45) is 0 Å². The van der Waals surface area contributed by atoms with Crippen LogP contribution in [0.1, 0.15) is 45.4 Å². The fraction of sp³-hybridized carbons (Fsp3) is 0.938. The molecule has 3 heterocycles. The third-order valence-electron chi connectivity index (χ3n) is 5.27. The summed E-state index contributed by atoms with van der Waals surface area (Å²) in [4.78, 5) is 15.1. The lowest BCUT2D eigenvalue weighted by atomic mass is 10.0. The molecule has 0 radical (unpaired) electrons. The van der Waals surface area contributed by atoms with Crippen molar-refractivity contribution in [3.63, 3.8) is 0 Å². The molecule has 0 spiro atoms. The zero-order valence-corrected chi connectivity index (χ0v) is 13.1. The van der Waals surface area contributed by atoms with E-state index in [9.17, 15) is 4.79 Å². The van der Waals surface area contributed by atoms with Gasteiger partial charge in [-0.1, -0.05) is 0 Å².